The first kappa shape index (κ1) is 12.5. The number of nitrogens with zero attached hydrogens (tertiary/aromatic N) is 2. The Kier molecular flexibility index (Phi) is 3.00. The molecule has 0 fully saturated rings. The van der Waals surface area contributed by atoms with Crippen molar-refractivity contribution in [2.45, 2.75) is 27.3 Å². The maximum Gasteiger partial charge on any atom is 0.201 e. The fourth-order valence-electron chi connectivity index (χ4n) is 1.78. The van der Waals surface area contributed by atoms with Crippen LogP contribution in [0.25, 0.3) is 11.0 Å². The molecule has 1 aromatic carbocycles. The van der Waals surface area contributed by atoms with E-state index in [4.69, 9.17) is 28.9 Å². The molecule has 0 amide bonds. The number of fused-ring (bicyclic) bond motifs is 1. The van der Waals surface area contributed by atoms with Crippen molar-refractivity contribution in [3.63, 3.8) is 0 Å². The maximum atomic E-state index is 6.03. The van der Waals surface area contributed by atoms with Gasteiger partial charge in [0, 0.05) is 6.54 Å². The summed E-state index contributed by atoms with van der Waals surface area (Å²) in [7, 11) is 0. The van der Waals surface area contributed by atoms with Crippen LogP contribution >= 0.6 is 23.2 Å². The van der Waals surface area contributed by atoms with E-state index in [-0.39, 0.29) is 5.41 Å². The summed E-state index contributed by atoms with van der Waals surface area (Å²) in [5.74, 6) is 0.494. The molecule has 0 saturated carbocycles. The van der Waals surface area contributed by atoms with Gasteiger partial charge in [0.25, 0.3) is 0 Å². The van der Waals surface area contributed by atoms with Crippen LogP contribution in [0.1, 0.15) is 20.8 Å². The molecule has 0 aliphatic heterocycles. The van der Waals surface area contributed by atoms with Crippen molar-refractivity contribution in [2.75, 3.05) is 5.73 Å². The van der Waals surface area contributed by atoms with Crippen LogP contribution in [-0.4, -0.2) is 9.55 Å². The van der Waals surface area contributed by atoms with Crippen LogP contribution in [0.15, 0.2) is 12.1 Å². The fraction of sp³-hybridized carbons (Fsp3) is 0.417. The SMILES string of the molecule is CC(C)(C)Cn1c(N)nc2cc(Cl)c(Cl)cc21. The lowest BCUT2D eigenvalue weighted by Crippen LogP contribution is -2.17. The minimum Gasteiger partial charge on any atom is -0.369 e. The van der Waals surface area contributed by atoms with Crippen molar-refractivity contribution < 1.29 is 0 Å². The Morgan fingerprint density at radius 1 is 1.24 bits per heavy atom. The third kappa shape index (κ3) is 2.50. The van der Waals surface area contributed by atoms with Crippen LogP contribution in [0.4, 0.5) is 5.95 Å². The van der Waals surface area contributed by atoms with Crippen molar-refractivity contribution in [1.82, 2.24) is 9.55 Å². The van der Waals surface area contributed by atoms with Gasteiger partial charge in [-0.1, -0.05) is 44.0 Å². The summed E-state index contributed by atoms with van der Waals surface area (Å²) in [6, 6.07) is 3.56. The van der Waals surface area contributed by atoms with E-state index >= 15 is 0 Å². The predicted octanol–water partition coefficient (Wildman–Crippen LogP) is 3.97. The molecule has 5 heteroatoms. The first-order valence-electron chi connectivity index (χ1n) is 5.39. The second-order valence-corrected chi connectivity index (χ2v) is 6.19. The van der Waals surface area contributed by atoms with E-state index in [9.17, 15) is 0 Å². The zero-order valence-electron chi connectivity index (χ0n) is 10.1. The van der Waals surface area contributed by atoms with Crippen molar-refractivity contribution in [2.24, 2.45) is 5.41 Å². The van der Waals surface area contributed by atoms with E-state index in [2.05, 4.69) is 25.8 Å². The summed E-state index contributed by atoms with van der Waals surface area (Å²) in [6.07, 6.45) is 0. The lowest BCUT2D eigenvalue weighted by molar-refractivity contribution is 0.351. The highest BCUT2D eigenvalue weighted by molar-refractivity contribution is 6.42. The van der Waals surface area contributed by atoms with Crippen molar-refractivity contribution in [3.8, 4) is 0 Å². The smallest absolute Gasteiger partial charge is 0.201 e. The number of rotatable bonds is 1. The largest absolute Gasteiger partial charge is 0.369 e. The van der Waals surface area contributed by atoms with E-state index in [0.717, 1.165) is 17.6 Å². The number of nitrogens with two attached hydrogens (primary N) is 1. The monoisotopic (exact) mass is 271 g/mol. The second-order valence-electron chi connectivity index (χ2n) is 5.37. The lowest BCUT2D eigenvalue weighted by Gasteiger charge is -2.20. The molecule has 0 spiro atoms. The first-order chi connectivity index (χ1) is 7.78. The van der Waals surface area contributed by atoms with Crippen LogP contribution in [0.3, 0.4) is 0 Å². The summed E-state index contributed by atoms with van der Waals surface area (Å²) in [6.45, 7) is 7.23. The molecule has 0 atom stereocenters. The molecular formula is C12H15Cl2N3. The van der Waals surface area contributed by atoms with Crippen molar-refractivity contribution in [3.05, 3.63) is 22.2 Å². The summed E-state index contributed by atoms with van der Waals surface area (Å²) >= 11 is 12.0. The zero-order chi connectivity index (χ0) is 12.8. The van der Waals surface area contributed by atoms with Gasteiger partial charge in [-0.05, 0) is 17.5 Å². The van der Waals surface area contributed by atoms with Crippen LogP contribution in [-0.2, 0) is 6.54 Å². The number of hydrogen-bond acceptors (Lipinski definition) is 2. The number of halogens is 2. The Balaban J connectivity index is 2.63. The number of hydrogen-bond donors (Lipinski definition) is 1. The molecule has 2 N–H and O–H groups in total. The first-order valence-corrected chi connectivity index (χ1v) is 6.14. The lowest BCUT2D eigenvalue weighted by atomic mass is 9.97. The van der Waals surface area contributed by atoms with Gasteiger partial charge in [-0.3, -0.25) is 0 Å². The molecule has 0 aliphatic rings. The standard InChI is InChI=1S/C12H15Cl2N3/c1-12(2,3)6-17-10-5-8(14)7(13)4-9(10)16-11(17)15/h4-5H,6H2,1-3H3,(H2,15,16). The molecule has 0 unspecified atom stereocenters. The average Bonchev–Trinajstić information content (AvgIpc) is 2.43. The van der Waals surface area contributed by atoms with Gasteiger partial charge >= 0.3 is 0 Å². The maximum absolute atomic E-state index is 6.03. The van der Waals surface area contributed by atoms with Crippen LogP contribution in [0.2, 0.25) is 10.0 Å². The Hall–Kier alpha value is -0.930. The van der Waals surface area contributed by atoms with E-state index in [0.29, 0.717) is 16.0 Å². The number of benzene rings is 1. The fourth-order valence-corrected chi connectivity index (χ4v) is 2.10. The van der Waals surface area contributed by atoms with Crippen molar-refractivity contribution >= 4 is 40.2 Å². The average molecular weight is 272 g/mol. The normalized spacial score (nSPS) is 12.3. The summed E-state index contributed by atoms with van der Waals surface area (Å²) in [5.41, 5.74) is 7.75. The van der Waals surface area contributed by atoms with Crippen LogP contribution in [0.5, 0.6) is 0 Å². The molecule has 1 heterocycles. The number of anilines is 1. The van der Waals surface area contributed by atoms with Gasteiger partial charge < -0.3 is 10.3 Å². The number of nitrogen functional groups attached to an aromatic ring is 1. The molecule has 0 radical (unpaired) electrons. The van der Waals surface area contributed by atoms with Gasteiger partial charge in [-0.25, -0.2) is 4.98 Å². The predicted molar refractivity (Wildman–Crippen MR) is 73.6 cm³/mol. The highest BCUT2D eigenvalue weighted by Crippen LogP contribution is 2.30. The molecule has 0 aliphatic carbocycles. The van der Waals surface area contributed by atoms with Gasteiger partial charge in [0.2, 0.25) is 5.95 Å². The molecule has 3 nitrogen and oxygen atoms in total. The van der Waals surface area contributed by atoms with Crippen LogP contribution in [0, 0.1) is 5.41 Å². The molecule has 92 valence electrons. The minimum atomic E-state index is 0.119. The Morgan fingerprint density at radius 2 is 1.82 bits per heavy atom. The third-order valence-corrected chi connectivity index (χ3v) is 3.17. The number of imidazole rings is 1. The van der Waals surface area contributed by atoms with Crippen LogP contribution < -0.4 is 5.73 Å². The minimum absolute atomic E-state index is 0.119. The Morgan fingerprint density at radius 3 is 2.41 bits per heavy atom. The molecule has 17 heavy (non-hydrogen) atoms. The van der Waals surface area contributed by atoms with Gasteiger partial charge in [-0.15, -0.1) is 0 Å². The molecule has 0 bridgehead atoms. The molecule has 0 saturated heterocycles. The van der Waals surface area contributed by atoms with E-state index in [1.165, 1.54) is 0 Å². The number of aromatic nitrogens is 2. The van der Waals surface area contributed by atoms with E-state index in [1.54, 1.807) is 6.07 Å². The summed E-state index contributed by atoms with van der Waals surface area (Å²) in [4.78, 5) is 4.30. The Labute approximate surface area is 111 Å². The third-order valence-electron chi connectivity index (χ3n) is 2.45. The van der Waals surface area contributed by atoms with Gasteiger partial charge in [0.15, 0.2) is 0 Å². The van der Waals surface area contributed by atoms with Gasteiger partial charge in [0.1, 0.15) is 0 Å². The van der Waals surface area contributed by atoms with E-state index in [1.807, 2.05) is 10.6 Å². The quantitative estimate of drug-likeness (QED) is 0.853. The van der Waals surface area contributed by atoms with Crippen molar-refractivity contribution in [1.29, 1.82) is 0 Å². The summed E-state index contributed by atoms with van der Waals surface area (Å²) in [5, 5.41) is 1.02. The molecule has 1 aromatic heterocycles. The molecule has 2 rings (SSSR count). The second kappa shape index (κ2) is 4.07. The summed E-state index contributed by atoms with van der Waals surface area (Å²) < 4.78 is 1.97. The topological polar surface area (TPSA) is 43.8 Å². The van der Waals surface area contributed by atoms with Gasteiger partial charge in [-0.2, -0.15) is 0 Å². The zero-order valence-corrected chi connectivity index (χ0v) is 11.6. The highest BCUT2D eigenvalue weighted by Gasteiger charge is 2.17. The highest BCUT2D eigenvalue weighted by atomic mass is 35.5. The Bertz CT molecular complexity index is 567. The van der Waals surface area contributed by atoms with E-state index < -0.39 is 0 Å². The van der Waals surface area contributed by atoms with Gasteiger partial charge in [0.05, 0.1) is 21.1 Å². The molecular weight excluding hydrogens is 257 g/mol. The molecule has 2 aromatic rings.